The van der Waals surface area contributed by atoms with Gasteiger partial charge in [0.2, 0.25) is 0 Å². The van der Waals surface area contributed by atoms with E-state index in [2.05, 4.69) is 20.5 Å². The highest BCUT2D eigenvalue weighted by Crippen LogP contribution is 2.38. The van der Waals surface area contributed by atoms with Gasteiger partial charge in [0.15, 0.2) is 0 Å². The zero-order chi connectivity index (χ0) is 33.7. The van der Waals surface area contributed by atoms with Gasteiger partial charge in [-0.05, 0) is 62.2 Å². The van der Waals surface area contributed by atoms with Crippen LogP contribution in [0.15, 0.2) is 83.6 Å². The molecule has 2 aromatic carbocycles. The number of fused-ring (bicyclic) bond motifs is 1. The number of hydrogen-bond donors (Lipinski definition) is 5. The maximum atomic E-state index is 13.4. The standard InChI is InChI=1S/C36H46N8O3/c1-23-10-12-24(13-11-23)40-33(20-31(37)36(2,3)4)42-35(45)41-28-15-16-30(27-9-7-6-8-26(27)28)47-25-14-17-32(38)44(21-25)34(39)29-22-46-19-18-43(29)5/h6-14,17,20-21,28-30,38-39H,15-16,18-19,22,37H2,1-5H3,(H2,40,41,42,45)/b31-20-,38-32?,39-34?/t28-,29+,30+/m0/s1. The van der Waals surface area contributed by atoms with E-state index in [0.29, 0.717) is 49.0 Å². The number of aryl methyl sites for hydroxylation is 1. The normalized spacial score (nSPS) is 20.7. The number of allylic oxidation sites excluding steroid dienone is 1. The quantitative estimate of drug-likeness (QED) is 0.183. The third kappa shape index (κ3) is 8.35. The number of aliphatic imine (C=N–C) groups is 1. The number of nitrogens with two attached hydrogens (primary N) is 1. The van der Waals surface area contributed by atoms with Gasteiger partial charge in [-0.2, -0.15) is 0 Å². The first-order valence-electron chi connectivity index (χ1n) is 16.0. The van der Waals surface area contributed by atoms with Crippen LogP contribution in [-0.2, 0) is 4.74 Å². The summed E-state index contributed by atoms with van der Waals surface area (Å²) < 4.78 is 13.6. The second-order valence-corrected chi connectivity index (χ2v) is 13.2. The third-order valence-corrected chi connectivity index (χ3v) is 8.60. The molecule has 2 heterocycles. The second-order valence-electron chi connectivity index (χ2n) is 13.2. The maximum absolute atomic E-state index is 13.4. The number of likely N-dealkylation sites (N-methyl/N-ethyl adjacent to an activating group) is 1. The van der Waals surface area contributed by atoms with Crippen molar-refractivity contribution >= 4 is 23.4 Å². The Morgan fingerprint density at radius 1 is 1.09 bits per heavy atom. The first-order valence-corrected chi connectivity index (χ1v) is 16.0. The number of benzene rings is 2. The van der Waals surface area contributed by atoms with Crippen molar-refractivity contribution in [3.63, 3.8) is 0 Å². The Morgan fingerprint density at radius 3 is 2.51 bits per heavy atom. The molecule has 0 bridgehead atoms. The smallest absolute Gasteiger partial charge is 0.320 e. The van der Waals surface area contributed by atoms with Crippen LogP contribution >= 0.6 is 0 Å². The Bertz CT molecular complexity index is 1720. The molecule has 2 amide bonds. The number of morpholine rings is 1. The van der Waals surface area contributed by atoms with Crippen molar-refractivity contribution in [2.24, 2.45) is 16.1 Å². The lowest BCUT2D eigenvalue weighted by Gasteiger charge is -2.34. The molecule has 47 heavy (non-hydrogen) atoms. The summed E-state index contributed by atoms with van der Waals surface area (Å²) in [5.41, 5.74) is 10.6. The summed E-state index contributed by atoms with van der Waals surface area (Å²) in [5, 5.41) is 23.3. The Morgan fingerprint density at radius 2 is 1.81 bits per heavy atom. The van der Waals surface area contributed by atoms with Crippen molar-refractivity contribution in [1.82, 2.24) is 20.1 Å². The number of hydrogen-bond acceptors (Lipinski definition) is 8. The SMILES string of the molecule is Cc1ccc(N=C(/C=C(\N)C(C)(C)C)NC(=O)N[C@H]2CC[C@@H](Oc3ccc(=N)n(C(=N)[C@H]4COCCN4C)c3)c3ccccc32)cc1. The lowest BCUT2D eigenvalue weighted by Crippen LogP contribution is -2.51. The van der Waals surface area contributed by atoms with Crippen molar-refractivity contribution in [2.45, 2.75) is 58.7 Å². The van der Waals surface area contributed by atoms with Crippen LogP contribution in [-0.4, -0.2) is 60.0 Å². The number of amidine groups is 1. The van der Waals surface area contributed by atoms with Crippen molar-refractivity contribution < 1.29 is 14.3 Å². The van der Waals surface area contributed by atoms with E-state index in [-0.39, 0.29) is 41.0 Å². The lowest BCUT2D eigenvalue weighted by molar-refractivity contribution is 0.0287. The number of rotatable bonds is 6. The highest BCUT2D eigenvalue weighted by Gasteiger charge is 2.30. The Hall–Kier alpha value is -4.74. The Kier molecular flexibility index (Phi) is 10.3. The number of pyridine rings is 1. The molecular formula is C36H46N8O3. The summed E-state index contributed by atoms with van der Waals surface area (Å²) in [5.74, 6) is 1.19. The number of urea groups is 1. The first kappa shape index (κ1) is 33.6. The van der Waals surface area contributed by atoms with Crippen LogP contribution in [0.3, 0.4) is 0 Å². The zero-order valence-corrected chi connectivity index (χ0v) is 27.8. The minimum absolute atomic E-state index is 0.199. The van der Waals surface area contributed by atoms with E-state index in [4.69, 9.17) is 26.0 Å². The highest BCUT2D eigenvalue weighted by molar-refractivity contribution is 6.05. The fourth-order valence-electron chi connectivity index (χ4n) is 5.60. The molecule has 6 N–H and O–H groups in total. The molecule has 1 saturated heterocycles. The monoisotopic (exact) mass is 638 g/mol. The number of nitrogens with one attached hydrogen (secondary N) is 4. The Labute approximate surface area is 276 Å². The molecule has 3 atom stereocenters. The number of amides is 2. The number of aromatic nitrogens is 1. The summed E-state index contributed by atoms with van der Waals surface area (Å²) in [7, 11) is 1.96. The molecule has 2 aliphatic rings. The number of nitrogens with zero attached hydrogens (tertiary/aromatic N) is 3. The molecule has 5 rings (SSSR count). The van der Waals surface area contributed by atoms with Crippen molar-refractivity contribution in [1.29, 1.82) is 10.8 Å². The lowest BCUT2D eigenvalue weighted by atomic mass is 9.85. The van der Waals surface area contributed by atoms with Gasteiger partial charge >= 0.3 is 6.03 Å². The van der Waals surface area contributed by atoms with Gasteiger partial charge in [-0.1, -0.05) is 62.7 Å². The predicted molar refractivity (Wildman–Crippen MR) is 184 cm³/mol. The molecule has 1 aliphatic heterocycles. The molecule has 248 valence electrons. The van der Waals surface area contributed by atoms with Crippen molar-refractivity contribution in [3.05, 3.63) is 101 Å². The van der Waals surface area contributed by atoms with Crippen LogP contribution < -0.4 is 26.6 Å². The number of carbonyl (C=O) groups excluding carboxylic acids is 1. The molecule has 0 spiro atoms. The highest BCUT2D eigenvalue weighted by atomic mass is 16.5. The summed E-state index contributed by atoms with van der Waals surface area (Å²) in [4.78, 5) is 20.2. The molecule has 0 saturated carbocycles. The minimum Gasteiger partial charge on any atom is -0.484 e. The molecule has 0 unspecified atom stereocenters. The van der Waals surface area contributed by atoms with Crippen LogP contribution in [0, 0.1) is 23.2 Å². The van der Waals surface area contributed by atoms with E-state index < -0.39 is 0 Å². The molecule has 0 radical (unpaired) electrons. The summed E-state index contributed by atoms with van der Waals surface area (Å²) >= 11 is 0. The Balaban J connectivity index is 1.32. The fraction of sp³-hybridized carbons (Fsp3) is 0.389. The van der Waals surface area contributed by atoms with Gasteiger partial charge < -0.3 is 20.5 Å². The van der Waals surface area contributed by atoms with Gasteiger partial charge in [-0.15, -0.1) is 0 Å². The third-order valence-electron chi connectivity index (χ3n) is 8.60. The molecule has 1 aromatic heterocycles. The molecule has 11 nitrogen and oxygen atoms in total. The van der Waals surface area contributed by atoms with E-state index in [9.17, 15) is 4.79 Å². The van der Waals surface area contributed by atoms with Crippen molar-refractivity contribution in [3.8, 4) is 5.75 Å². The number of ether oxygens (including phenoxy) is 2. The summed E-state index contributed by atoms with van der Waals surface area (Å²) in [6, 6.07) is 18.2. The largest absolute Gasteiger partial charge is 0.484 e. The molecular weight excluding hydrogens is 592 g/mol. The molecule has 1 aliphatic carbocycles. The van der Waals surface area contributed by atoms with E-state index in [0.717, 1.165) is 23.2 Å². The van der Waals surface area contributed by atoms with Gasteiger partial charge in [0.1, 0.15) is 29.0 Å². The minimum atomic E-state index is -0.379. The van der Waals surface area contributed by atoms with E-state index >= 15 is 0 Å². The van der Waals surface area contributed by atoms with Crippen LogP contribution in [0.25, 0.3) is 0 Å². The van der Waals surface area contributed by atoms with E-state index in [1.165, 1.54) is 0 Å². The van der Waals surface area contributed by atoms with E-state index in [1.54, 1.807) is 29.0 Å². The van der Waals surface area contributed by atoms with Crippen LogP contribution in [0.2, 0.25) is 0 Å². The van der Waals surface area contributed by atoms with Gasteiger partial charge in [-0.3, -0.25) is 25.6 Å². The topological polar surface area (TPSA) is 154 Å². The number of carbonyl (C=O) groups is 1. The molecule has 1 fully saturated rings. The van der Waals surface area contributed by atoms with Crippen molar-refractivity contribution in [2.75, 3.05) is 26.8 Å². The first-order chi connectivity index (χ1) is 22.4. The second kappa shape index (κ2) is 14.4. The van der Waals surface area contributed by atoms with Gasteiger partial charge in [0.05, 0.1) is 37.2 Å². The van der Waals surface area contributed by atoms with Crippen LogP contribution in [0.4, 0.5) is 10.5 Å². The van der Waals surface area contributed by atoms with E-state index in [1.807, 2.05) is 83.3 Å². The predicted octanol–water partition coefficient (Wildman–Crippen LogP) is 5.31. The zero-order valence-electron chi connectivity index (χ0n) is 27.8. The molecule has 3 aromatic rings. The van der Waals surface area contributed by atoms with Crippen LogP contribution in [0.1, 0.15) is 62.4 Å². The summed E-state index contributed by atoms with van der Waals surface area (Å²) in [6.07, 6.45) is 4.46. The van der Waals surface area contributed by atoms with Gasteiger partial charge in [0.25, 0.3) is 0 Å². The fourth-order valence-corrected chi connectivity index (χ4v) is 5.60. The summed E-state index contributed by atoms with van der Waals surface area (Å²) in [6.45, 7) is 9.80. The van der Waals surface area contributed by atoms with Gasteiger partial charge in [0, 0.05) is 23.7 Å². The van der Waals surface area contributed by atoms with Gasteiger partial charge in [-0.25, -0.2) is 9.79 Å². The van der Waals surface area contributed by atoms with Crippen LogP contribution in [0.5, 0.6) is 5.75 Å². The average Bonchev–Trinajstić information content (AvgIpc) is 3.03. The molecule has 11 heteroatoms. The average molecular weight is 639 g/mol. The maximum Gasteiger partial charge on any atom is 0.320 e.